The number of anilines is 1. The number of rotatable bonds is 2. The van der Waals surface area contributed by atoms with Crippen LogP contribution in [0.3, 0.4) is 0 Å². The summed E-state index contributed by atoms with van der Waals surface area (Å²) in [5, 5.41) is 0. The summed E-state index contributed by atoms with van der Waals surface area (Å²) in [5.41, 5.74) is 5.06. The third-order valence-corrected chi connectivity index (χ3v) is 4.84. The molecule has 0 unspecified atom stereocenters. The molecule has 0 atom stereocenters. The van der Waals surface area contributed by atoms with E-state index >= 15 is 0 Å². The predicted octanol–water partition coefficient (Wildman–Crippen LogP) is 2.73. The topological polar surface area (TPSA) is 49.9 Å². The molecule has 1 aromatic carbocycles. The Morgan fingerprint density at radius 3 is 2.35 bits per heavy atom. The molecule has 0 spiro atoms. The Bertz CT molecular complexity index is 692. The molecular weight excluding hydrogens is 292 g/mol. The number of likely N-dealkylation sites (N-methyl/N-ethyl adjacent to an activating group) is 1. The lowest BCUT2D eigenvalue weighted by atomic mass is 9.90. The van der Waals surface area contributed by atoms with Gasteiger partial charge in [0.25, 0.3) is 5.91 Å². The van der Waals surface area contributed by atoms with Crippen LogP contribution in [0.2, 0.25) is 0 Å². The summed E-state index contributed by atoms with van der Waals surface area (Å²) in [6, 6.07) is 4.28. The van der Waals surface area contributed by atoms with E-state index < -0.39 is 6.09 Å². The minimum absolute atomic E-state index is 0.132. The predicted molar refractivity (Wildman–Crippen MR) is 87.1 cm³/mol. The van der Waals surface area contributed by atoms with Gasteiger partial charge in [-0.3, -0.25) is 4.79 Å². The molecule has 5 heteroatoms. The second-order valence-electron chi connectivity index (χ2n) is 6.31. The normalized spacial score (nSPS) is 21.7. The van der Waals surface area contributed by atoms with Gasteiger partial charge in [0.1, 0.15) is 0 Å². The Kier molecular flexibility index (Phi) is 3.36. The molecule has 0 bridgehead atoms. The first-order chi connectivity index (χ1) is 11.2. The van der Waals surface area contributed by atoms with E-state index in [0.29, 0.717) is 6.54 Å². The van der Waals surface area contributed by atoms with Crippen molar-refractivity contribution < 1.29 is 14.3 Å². The molecule has 1 saturated heterocycles. The van der Waals surface area contributed by atoms with Gasteiger partial charge in [0.15, 0.2) is 5.76 Å². The molecule has 23 heavy (non-hydrogen) atoms. The van der Waals surface area contributed by atoms with E-state index in [4.69, 9.17) is 4.74 Å². The fraction of sp³-hybridized carbons (Fsp3) is 0.444. The summed E-state index contributed by atoms with van der Waals surface area (Å²) < 4.78 is 5.12. The zero-order valence-electron chi connectivity index (χ0n) is 13.3. The number of amides is 2. The Morgan fingerprint density at radius 1 is 1.13 bits per heavy atom. The smallest absolute Gasteiger partial charge is 0.404 e. The van der Waals surface area contributed by atoms with Gasteiger partial charge in [0, 0.05) is 25.3 Å². The number of hydrogen-bond donors (Lipinski definition) is 0. The number of benzene rings is 1. The molecule has 0 aromatic heterocycles. The molecule has 3 heterocycles. The largest absolute Gasteiger partial charge is 0.422 e. The summed E-state index contributed by atoms with van der Waals surface area (Å²) in [7, 11) is 0. The molecule has 120 valence electrons. The molecule has 5 nitrogen and oxygen atoms in total. The lowest BCUT2D eigenvalue weighted by molar-refractivity contribution is -0.123. The average molecular weight is 312 g/mol. The van der Waals surface area contributed by atoms with Crippen LogP contribution in [0.4, 0.5) is 10.5 Å². The lowest BCUT2D eigenvalue weighted by Crippen LogP contribution is -2.34. The first kappa shape index (κ1) is 14.3. The number of hydrogen-bond acceptors (Lipinski definition) is 4. The molecule has 0 N–H and O–H groups in total. The highest BCUT2D eigenvalue weighted by atomic mass is 16.6. The van der Waals surface area contributed by atoms with Crippen LogP contribution in [0.15, 0.2) is 17.9 Å². The van der Waals surface area contributed by atoms with Crippen LogP contribution in [0.1, 0.15) is 36.5 Å². The highest BCUT2D eigenvalue weighted by Crippen LogP contribution is 2.36. The summed E-state index contributed by atoms with van der Waals surface area (Å²) in [5.74, 6) is -0.210. The first-order valence-electron chi connectivity index (χ1n) is 8.33. The molecule has 0 saturated carbocycles. The fourth-order valence-electron chi connectivity index (χ4n) is 3.84. The molecule has 3 aliphatic heterocycles. The van der Waals surface area contributed by atoms with Gasteiger partial charge in [-0.1, -0.05) is 0 Å². The fourth-order valence-corrected chi connectivity index (χ4v) is 3.84. The highest BCUT2D eigenvalue weighted by molar-refractivity contribution is 6.09. The van der Waals surface area contributed by atoms with Gasteiger partial charge in [-0.15, -0.1) is 0 Å². The van der Waals surface area contributed by atoms with Crippen molar-refractivity contribution in [3.05, 3.63) is 34.6 Å². The van der Waals surface area contributed by atoms with Crippen molar-refractivity contribution in [2.75, 3.05) is 24.5 Å². The van der Waals surface area contributed by atoms with Crippen LogP contribution in [0, 0.1) is 0 Å². The van der Waals surface area contributed by atoms with Crippen molar-refractivity contribution in [2.45, 2.75) is 32.6 Å². The molecule has 0 radical (unpaired) electrons. The SMILES string of the molecule is CCN1C(=O)O/C(=C/c2cc3c4c(c2)CCCN4CCC3)C1=O. The number of imide groups is 1. The van der Waals surface area contributed by atoms with Crippen molar-refractivity contribution >= 4 is 23.8 Å². The minimum atomic E-state index is -0.575. The Hall–Kier alpha value is -2.30. The van der Waals surface area contributed by atoms with Gasteiger partial charge in [0.05, 0.1) is 0 Å². The third kappa shape index (κ3) is 2.31. The third-order valence-electron chi connectivity index (χ3n) is 4.84. The Labute approximate surface area is 135 Å². The van der Waals surface area contributed by atoms with Crippen molar-refractivity contribution in [2.24, 2.45) is 0 Å². The van der Waals surface area contributed by atoms with E-state index in [0.717, 1.165) is 36.4 Å². The van der Waals surface area contributed by atoms with E-state index in [1.54, 1.807) is 13.0 Å². The maximum atomic E-state index is 12.2. The second-order valence-corrected chi connectivity index (χ2v) is 6.31. The van der Waals surface area contributed by atoms with E-state index in [2.05, 4.69) is 17.0 Å². The zero-order chi connectivity index (χ0) is 16.0. The minimum Gasteiger partial charge on any atom is -0.404 e. The van der Waals surface area contributed by atoms with Crippen LogP contribution in [-0.4, -0.2) is 36.5 Å². The van der Waals surface area contributed by atoms with Crippen molar-refractivity contribution in [1.29, 1.82) is 0 Å². The number of ether oxygens (including phenoxy) is 1. The van der Waals surface area contributed by atoms with Gasteiger partial charge in [0.2, 0.25) is 0 Å². The number of nitrogens with zero attached hydrogens (tertiary/aromatic N) is 2. The van der Waals surface area contributed by atoms with Crippen LogP contribution in [-0.2, 0) is 22.4 Å². The van der Waals surface area contributed by atoms with Gasteiger partial charge in [-0.05, 0) is 67.5 Å². The monoisotopic (exact) mass is 312 g/mol. The molecule has 1 fully saturated rings. The van der Waals surface area contributed by atoms with Crippen LogP contribution >= 0.6 is 0 Å². The maximum Gasteiger partial charge on any atom is 0.422 e. The summed E-state index contributed by atoms with van der Waals surface area (Å²) in [4.78, 5) is 27.4. The molecule has 0 aliphatic carbocycles. The van der Waals surface area contributed by atoms with Crippen LogP contribution in [0.5, 0.6) is 0 Å². The molecular formula is C18H20N2O3. The van der Waals surface area contributed by atoms with Crippen molar-refractivity contribution in [3.63, 3.8) is 0 Å². The zero-order valence-corrected chi connectivity index (χ0v) is 13.3. The first-order valence-corrected chi connectivity index (χ1v) is 8.33. The van der Waals surface area contributed by atoms with Crippen molar-refractivity contribution in [3.8, 4) is 0 Å². The Balaban J connectivity index is 1.72. The van der Waals surface area contributed by atoms with Crippen LogP contribution < -0.4 is 4.90 Å². The van der Waals surface area contributed by atoms with Crippen LogP contribution in [0.25, 0.3) is 6.08 Å². The number of carbonyl (C=O) groups excluding carboxylic acids is 2. The van der Waals surface area contributed by atoms with Gasteiger partial charge < -0.3 is 9.64 Å². The Morgan fingerprint density at radius 2 is 1.78 bits per heavy atom. The summed E-state index contributed by atoms with van der Waals surface area (Å²) in [6.45, 7) is 4.38. The number of aryl methyl sites for hydroxylation is 2. The molecule has 4 rings (SSSR count). The van der Waals surface area contributed by atoms with E-state index in [-0.39, 0.29) is 11.7 Å². The summed E-state index contributed by atoms with van der Waals surface area (Å²) in [6.07, 6.45) is 5.62. The highest BCUT2D eigenvalue weighted by Gasteiger charge is 2.35. The van der Waals surface area contributed by atoms with E-state index in [1.807, 2.05) is 0 Å². The number of carbonyl (C=O) groups is 2. The van der Waals surface area contributed by atoms with E-state index in [9.17, 15) is 9.59 Å². The lowest BCUT2D eigenvalue weighted by Gasteiger charge is -2.37. The summed E-state index contributed by atoms with van der Waals surface area (Å²) >= 11 is 0. The molecule has 1 aromatic rings. The molecule has 2 amide bonds. The van der Waals surface area contributed by atoms with Gasteiger partial charge in [-0.2, -0.15) is 0 Å². The quantitative estimate of drug-likeness (QED) is 0.788. The van der Waals surface area contributed by atoms with Gasteiger partial charge in [-0.25, -0.2) is 9.69 Å². The second kappa shape index (κ2) is 5.41. The van der Waals surface area contributed by atoms with Crippen molar-refractivity contribution in [1.82, 2.24) is 4.90 Å². The maximum absolute atomic E-state index is 12.2. The standard InChI is InChI=1S/C18H20N2O3/c1-2-20-17(21)15(23-18(20)22)11-12-9-13-5-3-7-19-8-4-6-14(10-12)16(13)19/h9-11H,2-8H2,1H3/b15-11+. The van der Waals surface area contributed by atoms with E-state index in [1.165, 1.54) is 29.7 Å². The van der Waals surface area contributed by atoms with Gasteiger partial charge >= 0.3 is 6.09 Å². The molecule has 3 aliphatic rings. The average Bonchev–Trinajstić information content (AvgIpc) is 2.81. The number of cyclic esters (lactones) is 1.